The second kappa shape index (κ2) is 5.56. The minimum absolute atomic E-state index is 0.208. The molecule has 0 bridgehead atoms. The molecule has 1 unspecified atom stereocenters. The minimum Gasteiger partial charge on any atom is -0.398 e. The van der Waals surface area contributed by atoms with Crippen LogP contribution in [0.4, 0.5) is 5.69 Å². The Morgan fingerprint density at radius 3 is 2.67 bits per heavy atom. The molecule has 1 aromatic carbocycles. The summed E-state index contributed by atoms with van der Waals surface area (Å²) in [6, 6.07) is 4.98. The largest absolute Gasteiger partial charge is 0.398 e. The molecule has 1 spiro atoms. The van der Waals surface area contributed by atoms with E-state index < -0.39 is 9.84 Å². The van der Waals surface area contributed by atoms with Gasteiger partial charge in [0.25, 0.3) is 0 Å². The lowest BCUT2D eigenvalue weighted by atomic mass is 9.92. The van der Waals surface area contributed by atoms with Gasteiger partial charge >= 0.3 is 0 Å². The SMILES string of the molecule is Nc1cc(Br)ccc1S(=O)(=O)C1CCOC2(CCCC2)C1. The Labute approximate surface area is 134 Å². The molecule has 1 atom stereocenters. The summed E-state index contributed by atoms with van der Waals surface area (Å²) in [5.41, 5.74) is 6.03. The fraction of sp³-hybridized carbons (Fsp3) is 0.600. The molecule has 0 amide bonds. The van der Waals surface area contributed by atoms with Gasteiger partial charge in [-0.2, -0.15) is 0 Å². The molecule has 0 aromatic heterocycles. The van der Waals surface area contributed by atoms with Crippen molar-refractivity contribution in [3.8, 4) is 0 Å². The average Bonchev–Trinajstić information content (AvgIpc) is 2.86. The molecule has 2 N–H and O–H groups in total. The number of ether oxygens (including phenoxy) is 1. The number of halogens is 1. The number of hydrogen-bond donors (Lipinski definition) is 1. The zero-order valence-electron chi connectivity index (χ0n) is 11.8. The molecule has 1 aliphatic carbocycles. The summed E-state index contributed by atoms with van der Waals surface area (Å²) in [6.07, 6.45) is 5.38. The number of hydrogen-bond acceptors (Lipinski definition) is 4. The molecule has 116 valence electrons. The van der Waals surface area contributed by atoms with Crippen molar-refractivity contribution in [2.24, 2.45) is 0 Å². The quantitative estimate of drug-likeness (QED) is 0.807. The van der Waals surface area contributed by atoms with Crippen molar-refractivity contribution >= 4 is 31.5 Å². The monoisotopic (exact) mass is 373 g/mol. The van der Waals surface area contributed by atoms with E-state index in [1.54, 1.807) is 18.2 Å². The van der Waals surface area contributed by atoms with Crippen LogP contribution in [0.2, 0.25) is 0 Å². The van der Waals surface area contributed by atoms with Gasteiger partial charge in [-0.3, -0.25) is 0 Å². The first-order valence-corrected chi connectivity index (χ1v) is 9.70. The van der Waals surface area contributed by atoms with Crippen molar-refractivity contribution in [1.29, 1.82) is 0 Å². The zero-order valence-corrected chi connectivity index (χ0v) is 14.2. The summed E-state index contributed by atoms with van der Waals surface area (Å²) >= 11 is 3.31. The van der Waals surface area contributed by atoms with E-state index in [0.29, 0.717) is 25.1 Å². The lowest BCUT2D eigenvalue weighted by molar-refractivity contribution is -0.0713. The van der Waals surface area contributed by atoms with Crippen LogP contribution in [-0.2, 0) is 14.6 Å². The number of nitrogens with two attached hydrogens (primary N) is 1. The maximum absolute atomic E-state index is 12.9. The predicted molar refractivity (Wildman–Crippen MR) is 85.9 cm³/mol. The normalized spacial score (nSPS) is 25.3. The molecule has 4 nitrogen and oxygen atoms in total. The lowest BCUT2D eigenvalue weighted by Gasteiger charge is -2.38. The second-order valence-electron chi connectivity index (χ2n) is 6.08. The van der Waals surface area contributed by atoms with Gasteiger partial charge in [-0.25, -0.2) is 8.42 Å². The third kappa shape index (κ3) is 2.85. The Morgan fingerprint density at radius 2 is 2.00 bits per heavy atom. The van der Waals surface area contributed by atoms with E-state index >= 15 is 0 Å². The predicted octanol–water partition coefficient (Wildman–Crippen LogP) is 3.30. The van der Waals surface area contributed by atoms with Crippen LogP contribution in [-0.4, -0.2) is 25.9 Å². The van der Waals surface area contributed by atoms with Crippen molar-refractivity contribution in [3.05, 3.63) is 22.7 Å². The van der Waals surface area contributed by atoms with Gasteiger partial charge in [-0.1, -0.05) is 28.8 Å². The summed E-state index contributed by atoms with van der Waals surface area (Å²) in [5, 5.41) is -0.382. The van der Waals surface area contributed by atoms with Crippen LogP contribution in [0, 0.1) is 0 Å². The van der Waals surface area contributed by atoms with Gasteiger partial charge in [0.15, 0.2) is 9.84 Å². The van der Waals surface area contributed by atoms with Crippen molar-refractivity contribution < 1.29 is 13.2 Å². The maximum atomic E-state index is 12.9. The molecule has 0 radical (unpaired) electrons. The van der Waals surface area contributed by atoms with E-state index in [1.165, 1.54) is 0 Å². The molecule has 1 saturated carbocycles. The summed E-state index contributed by atoms with van der Waals surface area (Å²) in [6.45, 7) is 0.528. The van der Waals surface area contributed by atoms with Crippen LogP contribution in [0.15, 0.2) is 27.6 Å². The van der Waals surface area contributed by atoms with E-state index in [1.807, 2.05) is 0 Å². The highest BCUT2D eigenvalue weighted by atomic mass is 79.9. The third-order valence-corrected chi connectivity index (χ3v) is 7.44. The van der Waals surface area contributed by atoms with Gasteiger partial charge in [-0.05, 0) is 43.9 Å². The van der Waals surface area contributed by atoms with Gasteiger partial charge in [0.05, 0.1) is 21.4 Å². The summed E-state index contributed by atoms with van der Waals surface area (Å²) < 4.78 is 32.5. The standard InChI is InChI=1S/C15H20BrNO3S/c16-11-3-4-14(13(17)9-11)21(18,19)12-5-8-20-15(10-12)6-1-2-7-15/h3-4,9,12H,1-2,5-8,10,17H2. The van der Waals surface area contributed by atoms with Crippen LogP contribution >= 0.6 is 15.9 Å². The first-order chi connectivity index (χ1) is 9.93. The molecule has 1 aliphatic heterocycles. The number of benzene rings is 1. The topological polar surface area (TPSA) is 69.4 Å². The fourth-order valence-electron chi connectivity index (χ4n) is 3.57. The molecule has 2 aliphatic rings. The minimum atomic E-state index is -3.40. The molecule has 1 heterocycles. The average molecular weight is 374 g/mol. The number of nitrogen functional groups attached to an aromatic ring is 1. The van der Waals surface area contributed by atoms with Gasteiger partial charge in [0.2, 0.25) is 0 Å². The number of anilines is 1. The Morgan fingerprint density at radius 1 is 1.29 bits per heavy atom. The first kappa shape index (κ1) is 15.3. The summed E-state index contributed by atoms with van der Waals surface area (Å²) in [4.78, 5) is 0.255. The van der Waals surface area contributed by atoms with Crippen molar-refractivity contribution in [1.82, 2.24) is 0 Å². The third-order valence-electron chi connectivity index (χ3n) is 4.68. The van der Waals surface area contributed by atoms with Crippen molar-refractivity contribution in [3.63, 3.8) is 0 Å². The van der Waals surface area contributed by atoms with Crippen molar-refractivity contribution in [2.45, 2.75) is 54.3 Å². The fourth-order valence-corrected chi connectivity index (χ4v) is 5.89. The van der Waals surface area contributed by atoms with E-state index in [9.17, 15) is 8.42 Å². The Bertz CT molecular complexity index is 638. The lowest BCUT2D eigenvalue weighted by Crippen LogP contribution is -2.42. The van der Waals surface area contributed by atoms with Crippen LogP contribution in [0.5, 0.6) is 0 Å². The summed E-state index contributed by atoms with van der Waals surface area (Å²) in [7, 11) is -3.40. The zero-order chi connectivity index (χ0) is 15.1. The second-order valence-corrected chi connectivity index (χ2v) is 9.19. The van der Waals surface area contributed by atoms with Crippen LogP contribution in [0.3, 0.4) is 0 Å². The van der Waals surface area contributed by atoms with Crippen LogP contribution in [0.25, 0.3) is 0 Å². The molecule has 1 saturated heterocycles. The highest BCUT2D eigenvalue weighted by molar-refractivity contribution is 9.10. The highest BCUT2D eigenvalue weighted by Gasteiger charge is 2.44. The van der Waals surface area contributed by atoms with Gasteiger partial charge in [0.1, 0.15) is 0 Å². The van der Waals surface area contributed by atoms with E-state index in [2.05, 4.69) is 15.9 Å². The van der Waals surface area contributed by atoms with Gasteiger partial charge in [-0.15, -0.1) is 0 Å². The molecule has 21 heavy (non-hydrogen) atoms. The number of sulfone groups is 1. The van der Waals surface area contributed by atoms with Crippen LogP contribution in [0.1, 0.15) is 38.5 Å². The van der Waals surface area contributed by atoms with E-state index in [0.717, 1.165) is 30.2 Å². The molecular weight excluding hydrogens is 354 g/mol. The van der Waals surface area contributed by atoms with Gasteiger partial charge < -0.3 is 10.5 Å². The van der Waals surface area contributed by atoms with Crippen LogP contribution < -0.4 is 5.73 Å². The Balaban J connectivity index is 1.90. The molecule has 6 heteroatoms. The molecular formula is C15H20BrNO3S. The Kier molecular flexibility index (Phi) is 4.05. The number of rotatable bonds is 2. The van der Waals surface area contributed by atoms with Crippen molar-refractivity contribution in [2.75, 3.05) is 12.3 Å². The highest BCUT2D eigenvalue weighted by Crippen LogP contribution is 2.43. The smallest absolute Gasteiger partial charge is 0.183 e. The molecule has 3 rings (SSSR count). The molecule has 2 fully saturated rings. The van der Waals surface area contributed by atoms with Gasteiger partial charge in [0, 0.05) is 11.1 Å². The van der Waals surface area contributed by atoms with E-state index in [4.69, 9.17) is 10.5 Å². The molecule has 1 aromatic rings. The first-order valence-electron chi connectivity index (χ1n) is 7.36. The van der Waals surface area contributed by atoms with E-state index in [-0.39, 0.29) is 15.7 Å². The maximum Gasteiger partial charge on any atom is 0.183 e. The Hall–Kier alpha value is -0.590. The summed E-state index contributed by atoms with van der Waals surface area (Å²) in [5.74, 6) is 0.